The summed E-state index contributed by atoms with van der Waals surface area (Å²) in [6.07, 6.45) is 8.03. The SMILES string of the molecule is NC1(CC2CCCC(O)C2)CC1. The summed E-state index contributed by atoms with van der Waals surface area (Å²) in [5, 5.41) is 9.46. The van der Waals surface area contributed by atoms with Crippen molar-refractivity contribution in [2.24, 2.45) is 11.7 Å². The first kappa shape index (κ1) is 8.52. The zero-order valence-corrected chi connectivity index (χ0v) is 7.63. The zero-order valence-electron chi connectivity index (χ0n) is 7.63. The van der Waals surface area contributed by atoms with Gasteiger partial charge in [-0.1, -0.05) is 12.8 Å². The monoisotopic (exact) mass is 169 g/mol. The first-order valence-electron chi connectivity index (χ1n) is 5.15. The van der Waals surface area contributed by atoms with Crippen LogP contribution in [0.3, 0.4) is 0 Å². The molecule has 2 heteroatoms. The van der Waals surface area contributed by atoms with Crippen LogP contribution in [0.2, 0.25) is 0 Å². The normalized spacial score (nSPS) is 39.5. The van der Waals surface area contributed by atoms with Crippen LogP contribution >= 0.6 is 0 Å². The second kappa shape index (κ2) is 3.00. The Morgan fingerprint density at radius 3 is 2.67 bits per heavy atom. The topological polar surface area (TPSA) is 46.2 Å². The van der Waals surface area contributed by atoms with Gasteiger partial charge in [-0.15, -0.1) is 0 Å². The summed E-state index contributed by atoms with van der Waals surface area (Å²) in [5.74, 6) is 0.709. The van der Waals surface area contributed by atoms with Gasteiger partial charge in [0.15, 0.2) is 0 Å². The lowest BCUT2D eigenvalue weighted by Gasteiger charge is -2.27. The summed E-state index contributed by atoms with van der Waals surface area (Å²) in [7, 11) is 0. The van der Waals surface area contributed by atoms with Gasteiger partial charge in [0.25, 0.3) is 0 Å². The molecule has 0 heterocycles. The summed E-state index contributed by atoms with van der Waals surface area (Å²) in [6, 6.07) is 0. The van der Waals surface area contributed by atoms with Crippen molar-refractivity contribution < 1.29 is 5.11 Å². The third-order valence-corrected chi connectivity index (χ3v) is 3.34. The van der Waals surface area contributed by atoms with Crippen LogP contribution in [0.5, 0.6) is 0 Å². The molecule has 0 radical (unpaired) electrons. The molecule has 2 atom stereocenters. The van der Waals surface area contributed by atoms with Gasteiger partial charge in [-0.05, 0) is 38.0 Å². The highest BCUT2D eigenvalue weighted by atomic mass is 16.3. The van der Waals surface area contributed by atoms with E-state index in [1.165, 1.54) is 25.7 Å². The van der Waals surface area contributed by atoms with Crippen molar-refractivity contribution in [2.75, 3.05) is 0 Å². The Balaban J connectivity index is 1.79. The lowest BCUT2D eigenvalue weighted by atomic mass is 9.83. The van der Waals surface area contributed by atoms with E-state index in [9.17, 15) is 5.11 Å². The van der Waals surface area contributed by atoms with Crippen LogP contribution in [0.25, 0.3) is 0 Å². The molecule has 2 fully saturated rings. The smallest absolute Gasteiger partial charge is 0.0543 e. The predicted octanol–water partition coefficient (Wildman–Crippen LogP) is 1.42. The molecule has 3 N–H and O–H groups in total. The largest absolute Gasteiger partial charge is 0.393 e. The van der Waals surface area contributed by atoms with E-state index in [0.717, 1.165) is 19.3 Å². The number of aliphatic hydroxyl groups is 1. The molecule has 2 unspecified atom stereocenters. The fraction of sp³-hybridized carbons (Fsp3) is 1.00. The average molecular weight is 169 g/mol. The molecule has 2 nitrogen and oxygen atoms in total. The first-order chi connectivity index (χ1) is 5.68. The Morgan fingerprint density at radius 1 is 1.33 bits per heavy atom. The van der Waals surface area contributed by atoms with E-state index in [4.69, 9.17) is 5.73 Å². The van der Waals surface area contributed by atoms with Crippen molar-refractivity contribution in [3.63, 3.8) is 0 Å². The fourth-order valence-electron chi connectivity index (χ4n) is 2.39. The van der Waals surface area contributed by atoms with Gasteiger partial charge in [-0.3, -0.25) is 0 Å². The Morgan fingerprint density at radius 2 is 2.08 bits per heavy atom. The molecule has 70 valence electrons. The molecule has 0 saturated heterocycles. The highest BCUT2D eigenvalue weighted by molar-refractivity contribution is 5.00. The van der Waals surface area contributed by atoms with Crippen LogP contribution in [-0.2, 0) is 0 Å². The molecule has 0 amide bonds. The van der Waals surface area contributed by atoms with Crippen LogP contribution in [0.15, 0.2) is 0 Å². The fourth-order valence-corrected chi connectivity index (χ4v) is 2.39. The van der Waals surface area contributed by atoms with Crippen molar-refractivity contribution in [3.05, 3.63) is 0 Å². The maximum Gasteiger partial charge on any atom is 0.0543 e. The molecule has 2 aliphatic carbocycles. The third kappa shape index (κ3) is 1.99. The predicted molar refractivity (Wildman–Crippen MR) is 48.7 cm³/mol. The highest BCUT2D eigenvalue weighted by Gasteiger charge is 2.40. The molecule has 0 bridgehead atoms. The van der Waals surface area contributed by atoms with Gasteiger partial charge in [0.2, 0.25) is 0 Å². The van der Waals surface area contributed by atoms with Crippen molar-refractivity contribution >= 4 is 0 Å². The molecule has 0 aromatic heterocycles. The average Bonchev–Trinajstić information content (AvgIpc) is 2.67. The van der Waals surface area contributed by atoms with Crippen molar-refractivity contribution in [1.29, 1.82) is 0 Å². The molecule has 12 heavy (non-hydrogen) atoms. The molecule has 2 rings (SSSR count). The second-order valence-corrected chi connectivity index (χ2v) is 4.75. The number of rotatable bonds is 2. The van der Waals surface area contributed by atoms with Gasteiger partial charge in [0.05, 0.1) is 6.10 Å². The van der Waals surface area contributed by atoms with Gasteiger partial charge in [-0.2, -0.15) is 0 Å². The van der Waals surface area contributed by atoms with Crippen molar-refractivity contribution in [3.8, 4) is 0 Å². The van der Waals surface area contributed by atoms with Gasteiger partial charge in [-0.25, -0.2) is 0 Å². The first-order valence-corrected chi connectivity index (χ1v) is 5.15. The van der Waals surface area contributed by atoms with Gasteiger partial charge in [0.1, 0.15) is 0 Å². The zero-order chi connectivity index (χ0) is 8.60. The summed E-state index contributed by atoms with van der Waals surface area (Å²) >= 11 is 0. The van der Waals surface area contributed by atoms with E-state index in [-0.39, 0.29) is 11.6 Å². The Bertz CT molecular complexity index is 165. The van der Waals surface area contributed by atoms with E-state index in [1.54, 1.807) is 0 Å². The molecule has 0 aromatic carbocycles. The van der Waals surface area contributed by atoms with Gasteiger partial charge in [0, 0.05) is 5.54 Å². The summed E-state index contributed by atoms with van der Waals surface area (Å²) in [4.78, 5) is 0. The molecule has 0 aromatic rings. The number of hydrogen-bond donors (Lipinski definition) is 2. The molecule has 0 aliphatic heterocycles. The Hall–Kier alpha value is -0.0800. The molecular formula is C10H19NO. The van der Waals surface area contributed by atoms with Crippen molar-refractivity contribution in [1.82, 2.24) is 0 Å². The van der Waals surface area contributed by atoms with Crippen LogP contribution in [0, 0.1) is 5.92 Å². The standard InChI is InChI=1S/C10H19NO/c11-10(4-5-10)7-8-2-1-3-9(12)6-8/h8-9,12H,1-7,11H2. The minimum absolute atomic E-state index is 0.0360. The van der Waals surface area contributed by atoms with E-state index < -0.39 is 0 Å². The lowest BCUT2D eigenvalue weighted by molar-refractivity contribution is 0.0950. The maximum atomic E-state index is 9.46. The Labute approximate surface area is 74.1 Å². The van der Waals surface area contributed by atoms with Gasteiger partial charge < -0.3 is 10.8 Å². The molecule has 2 saturated carbocycles. The maximum absolute atomic E-state index is 9.46. The second-order valence-electron chi connectivity index (χ2n) is 4.75. The molecule has 0 spiro atoms. The van der Waals surface area contributed by atoms with Crippen LogP contribution in [0.4, 0.5) is 0 Å². The van der Waals surface area contributed by atoms with E-state index in [2.05, 4.69) is 0 Å². The Kier molecular flexibility index (Phi) is 2.13. The minimum Gasteiger partial charge on any atom is -0.393 e. The van der Waals surface area contributed by atoms with E-state index in [1.807, 2.05) is 0 Å². The quantitative estimate of drug-likeness (QED) is 0.656. The minimum atomic E-state index is -0.0360. The number of nitrogens with two attached hydrogens (primary N) is 1. The molecule has 2 aliphatic rings. The van der Waals surface area contributed by atoms with Crippen LogP contribution in [0.1, 0.15) is 44.9 Å². The third-order valence-electron chi connectivity index (χ3n) is 3.34. The van der Waals surface area contributed by atoms with Gasteiger partial charge >= 0.3 is 0 Å². The van der Waals surface area contributed by atoms with E-state index >= 15 is 0 Å². The summed E-state index contributed by atoms with van der Waals surface area (Å²) < 4.78 is 0. The van der Waals surface area contributed by atoms with E-state index in [0.29, 0.717) is 5.92 Å². The molecular weight excluding hydrogens is 150 g/mol. The van der Waals surface area contributed by atoms with Crippen molar-refractivity contribution in [2.45, 2.75) is 56.6 Å². The summed E-state index contributed by atoms with van der Waals surface area (Å²) in [5.41, 5.74) is 6.22. The lowest BCUT2D eigenvalue weighted by Crippen LogP contribution is -2.29. The van der Waals surface area contributed by atoms with Crippen LogP contribution < -0.4 is 5.73 Å². The number of hydrogen-bond acceptors (Lipinski definition) is 2. The number of aliphatic hydroxyl groups excluding tert-OH is 1. The van der Waals surface area contributed by atoms with Crippen LogP contribution in [-0.4, -0.2) is 16.7 Å². The summed E-state index contributed by atoms with van der Waals surface area (Å²) in [6.45, 7) is 0. The highest BCUT2D eigenvalue weighted by Crippen LogP contribution is 2.41.